The molecule has 0 aliphatic carbocycles. The number of halogens is 1. The molecule has 2 atom stereocenters. The Bertz CT molecular complexity index is 556. The number of ether oxygens (including phenoxy) is 4. The molecule has 0 bridgehead atoms. The van der Waals surface area contributed by atoms with Crippen molar-refractivity contribution in [3.05, 3.63) is 28.8 Å². The number of rotatable bonds is 6. The Labute approximate surface area is 147 Å². The maximum atomic E-state index is 12.2. The first kappa shape index (κ1) is 17.5. The lowest BCUT2D eigenvalue weighted by Crippen LogP contribution is -2.30. The maximum absolute atomic E-state index is 12.2. The van der Waals surface area contributed by atoms with E-state index in [9.17, 15) is 4.79 Å². The van der Waals surface area contributed by atoms with E-state index in [1.165, 1.54) is 0 Å². The number of hydrogen-bond acceptors (Lipinski definition) is 5. The molecule has 0 amide bonds. The van der Waals surface area contributed by atoms with Crippen LogP contribution in [0.15, 0.2) is 18.2 Å². The lowest BCUT2D eigenvalue weighted by molar-refractivity contribution is -0.166. The zero-order valence-corrected chi connectivity index (χ0v) is 14.4. The van der Waals surface area contributed by atoms with Gasteiger partial charge >= 0.3 is 5.97 Å². The van der Waals surface area contributed by atoms with Gasteiger partial charge in [-0.2, -0.15) is 0 Å². The Morgan fingerprint density at radius 3 is 3.04 bits per heavy atom. The van der Waals surface area contributed by atoms with Crippen LogP contribution < -0.4 is 4.74 Å². The van der Waals surface area contributed by atoms with Gasteiger partial charge in [0.05, 0.1) is 19.1 Å². The summed E-state index contributed by atoms with van der Waals surface area (Å²) in [5.74, 6) is 0.289. The molecule has 5 nitrogen and oxygen atoms in total. The predicted molar refractivity (Wildman–Crippen MR) is 89.3 cm³/mol. The largest absolute Gasteiger partial charge is 0.492 e. The number of benzene rings is 1. The number of hydrogen-bond donors (Lipinski definition) is 0. The van der Waals surface area contributed by atoms with Crippen LogP contribution >= 0.6 is 11.6 Å². The average Bonchev–Trinajstić information content (AvgIpc) is 2.61. The average molecular weight is 355 g/mol. The van der Waals surface area contributed by atoms with Gasteiger partial charge in [-0.25, -0.2) is 0 Å². The molecule has 132 valence electrons. The van der Waals surface area contributed by atoms with Crippen LogP contribution in [0.25, 0.3) is 0 Å². The summed E-state index contributed by atoms with van der Waals surface area (Å²) >= 11 is 5.99. The molecule has 0 aromatic heterocycles. The van der Waals surface area contributed by atoms with Gasteiger partial charge < -0.3 is 18.9 Å². The third kappa shape index (κ3) is 4.85. The topological polar surface area (TPSA) is 54.0 Å². The van der Waals surface area contributed by atoms with Gasteiger partial charge in [-0.05, 0) is 49.4 Å². The zero-order valence-electron chi connectivity index (χ0n) is 13.7. The summed E-state index contributed by atoms with van der Waals surface area (Å²) in [4.78, 5) is 12.2. The van der Waals surface area contributed by atoms with Gasteiger partial charge in [0.25, 0.3) is 0 Å². The SMILES string of the molecule is O=C(OCCCO[C@@H]1CCCCO1)[C@H]1COc2ccc(Cl)cc2C1. The van der Waals surface area contributed by atoms with Crippen LogP contribution in [0.1, 0.15) is 31.2 Å². The molecule has 6 heteroatoms. The number of fused-ring (bicyclic) bond motifs is 1. The molecule has 2 aliphatic rings. The van der Waals surface area contributed by atoms with Crippen LogP contribution in [0.4, 0.5) is 0 Å². The van der Waals surface area contributed by atoms with Crippen LogP contribution in [0.5, 0.6) is 5.75 Å². The van der Waals surface area contributed by atoms with E-state index in [2.05, 4.69) is 0 Å². The van der Waals surface area contributed by atoms with Crippen molar-refractivity contribution in [1.29, 1.82) is 0 Å². The van der Waals surface area contributed by atoms with Crippen molar-refractivity contribution >= 4 is 17.6 Å². The standard InChI is InChI=1S/C18H23ClO5/c19-15-5-6-16-13(11-15)10-14(12-24-16)18(20)23-9-3-8-22-17-4-1-2-7-21-17/h5-6,11,14,17H,1-4,7-10,12H2/t14-,17-/m1/s1. The quantitative estimate of drug-likeness (QED) is 0.579. The molecule has 24 heavy (non-hydrogen) atoms. The summed E-state index contributed by atoms with van der Waals surface area (Å²) in [7, 11) is 0. The van der Waals surface area contributed by atoms with Crippen LogP contribution in [0.3, 0.4) is 0 Å². The molecule has 3 rings (SSSR count). The highest BCUT2D eigenvalue weighted by Gasteiger charge is 2.27. The minimum absolute atomic E-state index is 0.0950. The summed E-state index contributed by atoms with van der Waals surface area (Å²) < 4.78 is 22.1. The van der Waals surface area contributed by atoms with Gasteiger partial charge in [0.15, 0.2) is 6.29 Å². The highest BCUT2D eigenvalue weighted by molar-refractivity contribution is 6.30. The normalized spacial score (nSPS) is 23.2. The van der Waals surface area contributed by atoms with Crippen molar-refractivity contribution in [3.8, 4) is 5.75 Å². The second-order valence-electron chi connectivity index (χ2n) is 6.15. The van der Waals surface area contributed by atoms with Crippen molar-refractivity contribution in [2.75, 3.05) is 26.4 Å². The first-order valence-corrected chi connectivity index (χ1v) is 8.91. The first-order chi connectivity index (χ1) is 11.7. The smallest absolute Gasteiger partial charge is 0.312 e. The lowest BCUT2D eigenvalue weighted by Gasteiger charge is -2.24. The molecule has 1 aromatic rings. The van der Waals surface area contributed by atoms with Gasteiger partial charge in [0, 0.05) is 18.1 Å². The van der Waals surface area contributed by atoms with Gasteiger partial charge in [0.2, 0.25) is 0 Å². The molecule has 0 N–H and O–H groups in total. The highest BCUT2D eigenvalue weighted by Crippen LogP contribution is 2.30. The fourth-order valence-electron chi connectivity index (χ4n) is 2.92. The summed E-state index contributed by atoms with van der Waals surface area (Å²) in [5.41, 5.74) is 0.952. The molecule has 0 radical (unpaired) electrons. The van der Waals surface area contributed by atoms with Gasteiger partial charge in [-0.1, -0.05) is 11.6 Å². The molecular weight excluding hydrogens is 332 g/mol. The van der Waals surface area contributed by atoms with E-state index in [1.54, 1.807) is 6.07 Å². The zero-order chi connectivity index (χ0) is 16.8. The number of carbonyl (C=O) groups excluding carboxylic acids is 1. The fourth-order valence-corrected chi connectivity index (χ4v) is 3.12. The van der Waals surface area contributed by atoms with Crippen molar-refractivity contribution in [3.63, 3.8) is 0 Å². The Hall–Kier alpha value is -1.30. The Balaban J connectivity index is 1.35. The van der Waals surface area contributed by atoms with Crippen LogP contribution in [-0.2, 0) is 25.4 Å². The van der Waals surface area contributed by atoms with Crippen LogP contribution in [-0.4, -0.2) is 38.7 Å². The Kier molecular flexibility index (Phi) is 6.35. The van der Waals surface area contributed by atoms with E-state index in [-0.39, 0.29) is 18.2 Å². The summed E-state index contributed by atoms with van der Waals surface area (Å²) in [5, 5.41) is 0.647. The molecule has 0 spiro atoms. The maximum Gasteiger partial charge on any atom is 0.312 e. The van der Waals surface area contributed by atoms with Crippen molar-refractivity contribution in [2.45, 2.75) is 38.4 Å². The Morgan fingerprint density at radius 2 is 2.21 bits per heavy atom. The molecule has 0 unspecified atom stereocenters. The monoisotopic (exact) mass is 354 g/mol. The molecule has 1 aromatic carbocycles. The minimum Gasteiger partial charge on any atom is -0.492 e. The number of esters is 1. The van der Waals surface area contributed by atoms with E-state index in [4.69, 9.17) is 30.5 Å². The highest BCUT2D eigenvalue weighted by atomic mass is 35.5. The fraction of sp³-hybridized carbons (Fsp3) is 0.611. The van der Waals surface area contributed by atoms with E-state index in [1.807, 2.05) is 12.1 Å². The van der Waals surface area contributed by atoms with Crippen molar-refractivity contribution < 1.29 is 23.7 Å². The third-order valence-electron chi connectivity index (χ3n) is 4.24. The minimum atomic E-state index is -0.279. The summed E-state index contributed by atoms with van der Waals surface area (Å²) in [6, 6.07) is 5.47. The second kappa shape index (κ2) is 8.70. The van der Waals surface area contributed by atoms with E-state index in [0.717, 1.165) is 37.2 Å². The van der Waals surface area contributed by atoms with Gasteiger partial charge in [-0.15, -0.1) is 0 Å². The molecule has 0 saturated carbocycles. The van der Waals surface area contributed by atoms with Crippen LogP contribution in [0.2, 0.25) is 5.02 Å². The van der Waals surface area contributed by atoms with E-state index < -0.39 is 0 Å². The lowest BCUT2D eigenvalue weighted by atomic mass is 9.97. The van der Waals surface area contributed by atoms with Crippen molar-refractivity contribution in [1.82, 2.24) is 0 Å². The second-order valence-corrected chi connectivity index (χ2v) is 6.59. The Morgan fingerprint density at radius 1 is 1.29 bits per heavy atom. The summed E-state index contributed by atoms with van der Waals surface area (Å²) in [6.07, 6.45) is 4.37. The van der Waals surface area contributed by atoms with Gasteiger partial charge in [0.1, 0.15) is 12.4 Å². The third-order valence-corrected chi connectivity index (χ3v) is 4.47. The summed E-state index contributed by atoms with van der Waals surface area (Å²) in [6.45, 7) is 2.01. The van der Waals surface area contributed by atoms with E-state index >= 15 is 0 Å². The predicted octanol–water partition coefficient (Wildman–Crippen LogP) is 3.37. The van der Waals surface area contributed by atoms with Crippen molar-refractivity contribution in [2.24, 2.45) is 5.92 Å². The molecular formula is C18H23ClO5. The van der Waals surface area contributed by atoms with Crippen LogP contribution in [0, 0.1) is 5.92 Å². The van der Waals surface area contributed by atoms with Gasteiger partial charge in [-0.3, -0.25) is 4.79 Å². The number of carbonyl (C=O) groups is 1. The molecule has 2 heterocycles. The molecule has 1 fully saturated rings. The van der Waals surface area contributed by atoms with E-state index in [0.29, 0.717) is 37.7 Å². The molecule has 1 saturated heterocycles. The molecule has 2 aliphatic heterocycles. The first-order valence-electron chi connectivity index (χ1n) is 8.53.